The molecule has 0 aliphatic rings. The van der Waals surface area contributed by atoms with Crippen LogP contribution in [0.2, 0.25) is 10.0 Å². The number of rotatable bonds is 4. The zero-order chi connectivity index (χ0) is 15.2. The molecule has 0 fully saturated rings. The fourth-order valence-electron chi connectivity index (χ4n) is 1.40. The molecule has 0 aliphatic heterocycles. The Morgan fingerprint density at radius 1 is 0.857 bits per heavy atom. The molecule has 108 valence electrons. The summed E-state index contributed by atoms with van der Waals surface area (Å²) in [7, 11) is 0. The number of hydrogen-bond donors (Lipinski definition) is 2. The summed E-state index contributed by atoms with van der Waals surface area (Å²) in [6, 6.07) is 13.5. The van der Waals surface area contributed by atoms with E-state index in [0.29, 0.717) is 21.4 Å². The van der Waals surface area contributed by atoms with Gasteiger partial charge in [-0.05, 0) is 48.5 Å². The normalized spacial score (nSPS) is 11.1. The molecule has 0 radical (unpaired) electrons. The van der Waals surface area contributed by atoms with Gasteiger partial charge in [0.05, 0.1) is 5.69 Å². The van der Waals surface area contributed by atoms with Gasteiger partial charge in [0.15, 0.2) is 0 Å². The van der Waals surface area contributed by atoms with Gasteiger partial charge in [0.1, 0.15) is 0 Å². The summed E-state index contributed by atoms with van der Waals surface area (Å²) in [5.41, 5.74) is 3.90. The van der Waals surface area contributed by atoms with Crippen molar-refractivity contribution in [2.75, 3.05) is 10.7 Å². The number of benzene rings is 2. The number of hydrogen-bond acceptors (Lipinski definition) is 3. The number of amides is 1. The van der Waals surface area contributed by atoms with Crippen LogP contribution in [0.25, 0.3) is 0 Å². The number of carbonyl (C=O) groups is 1. The lowest BCUT2D eigenvalue weighted by molar-refractivity contribution is -0.110. The lowest BCUT2D eigenvalue weighted by Gasteiger charge is -2.04. The number of nitrogens with zero attached hydrogens (tertiary/aromatic N) is 1. The summed E-state index contributed by atoms with van der Waals surface area (Å²) in [5.74, 6) is -0.527. The molecule has 7 heteroatoms. The lowest BCUT2D eigenvalue weighted by atomic mass is 10.3. The molecule has 1 amide bonds. The van der Waals surface area contributed by atoms with Crippen molar-refractivity contribution in [1.29, 1.82) is 0 Å². The minimum absolute atomic E-state index is 0.222. The van der Waals surface area contributed by atoms with Gasteiger partial charge in [-0.2, -0.15) is 5.10 Å². The van der Waals surface area contributed by atoms with E-state index in [1.807, 2.05) is 0 Å². The Bertz CT molecular complexity index is 654. The lowest BCUT2D eigenvalue weighted by Crippen LogP contribution is -2.19. The van der Waals surface area contributed by atoms with E-state index in [4.69, 9.17) is 34.8 Å². The molecule has 0 bridgehead atoms. The maximum atomic E-state index is 11.8. The van der Waals surface area contributed by atoms with Crippen LogP contribution in [0.1, 0.15) is 0 Å². The number of nitrogens with one attached hydrogen (secondary N) is 2. The average Bonchev–Trinajstić information content (AvgIpc) is 2.48. The first-order valence-corrected chi connectivity index (χ1v) is 6.99. The van der Waals surface area contributed by atoms with Crippen molar-refractivity contribution in [3.8, 4) is 0 Å². The minimum Gasteiger partial charge on any atom is -0.320 e. The average molecular weight is 343 g/mol. The number of hydrazone groups is 1. The van der Waals surface area contributed by atoms with Crippen molar-refractivity contribution < 1.29 is 4.79 Å². The Balaban J connectivity index is 1.96. The second-order valence-corrected chi connectivity index (χ2v) is 5.21. The topological polar surface area (TPSA) is 53.5 Å². The fourth-order valence-corrected chi connectivity index (χ4v) is 1.75. The molecule has 2 aromatic rings. The number of carbonyl (C=O) groups excluding carboxylic acids is 1. The van der Waals surface area contributed by atoms with Gasteiger partial charge in [0.2, 0.25) is 5.17 Å². The maximum absolute atomic E-state index is 11.8. The Hall–Kier alpha value is -1.75. The van der Waals surface area contributed by atoms with Gasteiger partial charge in [-0.15, -0.1) is 0 Å². The van der Waals surface area contributed by atoms with E-state index >= 15 is 0 Å². The van der Waals surface area contributed by atoms with Gasteiger partial charge >= 0.3 is 0 Å². The Morgan fingerprint density at radius 3 is 1.86 bits per heavy atom. The first kappa shape index (κ1) is 15.6. The van der Waals surface area contributed by atoms with Crippen LogP contribution in [0.5, 0.6) is 0 Å². The summed E-state index contributed by atoms with van der Waals surface area (Å²) in [4.78, 5) is 11.8. The van der Waals surface area contributed by atoms with E-state index in [0.717, 1.165) is 0 Å². The van der Waals surface area contributed by atoms with Crippen LogP contribution >= 0.6 is 34.8 Å². The molecule has 0 saturated carbocycles. The van der Waals surface area contributed by atoms with Crippen molar-refractivity contribution in [3.05, 3.63) is 58.6 Å². The van der Waals surface area contributed by atoms with E-state index < -0.39 is 5.91 Å². The molecule has 2 aromatic carbocycles. The first-order chi connectivity index (χ1) is 10.0. The van der Waals surface area contributed by atoms with Crippen molar-refractivity contribution in [2.45, 2.75) is 0 Å². The van der Waals surface area contributed by atoms with Crippen LogP contribution in [0.15, 0.2) is 53.6 Å². The highest BCUT2D eigenvalue weighted by Crippen LogP contribution is 2.15. The van der Waals surface area contributed by atoms with Crippen LogP contribution in [0.3, 0.4) is 0 Å². The van der Waals surface area contributed by atoms with Crippen molar-refractivity contribution in [1.82, 2.24) is 0 Å². The van der Waals surface area contributed by atoms with Crippen molar-refractivity contribution in [3.63, 3.8) is 0 Å². The van der Waals surface area contributed by atoms with Crippen LogP contribution in [-0.2, 0) is 4.79 Å². The Labute approximate surface area is 136 Å². The predicted molar refractivity (Wildman–Crippen MR) is 88.4 cm³/mol. The van der Waals surface area contributed by atoms with Gasteiger partial charge in [-0.1, -0.05) is 34.8 Å². The molecule has 4 nitrogen and oxygen atoms in total. The smallest absolute Gasteiger partial charge is 0.287 e. The zero-order valence-corrected chi connectivity index (χ0v) is 12.9. The van der Waals surface area contributed by atoms with Crippen molar-refractivity contribution >= 4 is 57.3 Å². The molecule has 0 aromatic heterocycles. The van der Waals surface area contributed by atoms with Gasteiger partial charge in [-0.3, -0.25) is 10.2 Å². The van der Waals surface area contributed by atoms with E-state index in [-0.39, 0.29) is 5.17 Å². The molecule has 21 heavy (non-hydrogen) atoms. The summed E-state index contributed by atoms with van der Waals surface area (Å²) < 4.78 is 0. The number of halogens is 3. The molecule has 0 atom stereocenters. The SMILES string of the molecule is O=C(Nc1ccc(Cl)cc1)C(Cl)=NNc1ccc(Cl)cc1. The third kappa shape index (κ3) is 4.93. The molecular formula is C14H10Cl3N3O. The van der Waals surface area contributed by atoms with E-state index in [1.54, 1.807) is 48.5 Å². The standard InChI is InChI=1S/C14H10Cl3N3O/c15-9-1-5-11(6-2-9)18-14(21)13(17)20-19-12-7-3-10(16)4-8-12/h1-8,19H,(H,18,21). The quantitative estimate of drug-likeness (QED) is 0.630. The van der Waals surface area contributed by atoms with Crippen LogP contribution in [0, 0.1) is 0 Å². The zero-order valence-electron chi connectivity index (χ0n) is 10.6. The number of anilines is 2. The third-order valence-corrected chi connectivity index (χ3v) is 3.18. The maximum Gasteiger partial charge on any atom is 0.287 e. The van der Waals surface area contributed by atoms with E-state index in [1.165, 1.54) is 0 Å². The van der Waals surface area contributed by atoms with E-state index in [9.17, 15) is 4.79 Å². The van der Waals surface area contributed by atoms with Crippen molar-refractivity contribution in [2.24, 2.45) is 5.10 Å². The Morgan fingerprint density at radius 2 is 1.33 bits per heavy atom. The van der Waals surface area contributed by atoms with Gasteiger partial charge in [0, 0.05) is 15.7 Å². The monoisotopic (exact) mass is 341 g/mol. The summed E-state index contributed by atoms with van der Waals surface area (Å²) >= 11 is 17.3. The first-order valence-electron chi connectivity index (χ1n) is 5.86. The summed E-state index contributed by atoms with van der Waals surface area (Å²) in [6.45, 7) is 0. The summed E-state index contributed by atoms with van der Waals surface area (Å²) in [6.07, 6.45) is 0. The molecular weight excluding hydrogens is 333 g/mol. The molecule has 0 spiro atoms. The van der Waals surface area contributed by atoms with Gasteiger partial charge in [0.25, 0.3) is 5.91 Å². The van der Waals surface area contributed by atoms with Gasteiger partial charge in [-0.25, -0.2) is 0 Å². The predicted octanol–water partition coefficient (Wildman–Crippen LogP) is 4.60. The molecule has 0 heterocycles. The van der Waals surface area contributed by atoms with Crippen LogP contribution in [-0.4, -0.2) is 11.1 Å². The molecule has 0 unspecified atom stereocenters. The molecule has 0 saturated heterocycles. The molecule has 0 aliphatic carbocycles. The highest BCUT2D eigenvalue weighted by molar-refractivity contribution is 6.84. The third-order valence-electron chi connectivity index (χ3n) is 2.42. The summed E-state index contributed by atoms with van der Waals surface area (Å²) in [5, 5.41) is 7.35. The second kappa shape index (κ2) is 7.31. The largest absolute Gasteiger partial charge is 0.320 e. The van der Waals surface area contributed by atoms with Gasteiger partial charge < -0.3 is 5.32 Å². The highest BCUT2D eigenvalue weighted by atomic mass is 35.5. The Kier molecular flexibility index (Phi) is 5.44. The minimum atomic E-state index is -0.527. The second-order valence-electron chi connectivity index (χ2n) is 3.98. The molecule has 2 rings (SSSR count). The van der Waals surface area contributed by atoms with E-state index in [2.05, 4.69) is 15.8 Å². The highest BCUT2D eigenvalue weighted by Gasteiger charge is 2.08. The van der Waals surface area contributed by atoms with Crippen LogP contribution < -0.4 is 10.7 Å². The van der Waals surface area contributed by atoms with Crippen LogP contribution in [0.4, 0.5) is 11.4 Å². The fraction of sp³-hybridized carbons (Fsp3) is 0. The molecule has 2 N–H and O–H groups in total.